The minimum Gasteiger partial charge on any atom is -0.493 e. The molecule has 3 heterocycles. The number of piperidine rings is 1. The molecule has 0 aliphatic carbocycles. The van der Waals surface area contributed by atoms with E-state index in [4.69, 9.17) is 32.5 Å². The number of amides is 2. The minimum absolute atomic E-state index is 0.0972. The summed E-state index contributed by atoms with van der Waals surface area (Å²) in [5.41, 5.74) is 0.913. The molecule has 0 bridgehead atoms. The summed E-state index contributed by atoms with van der Waals surface area (Å²) in [6, 6.07) is 14.5. The van der Waals surface area contributed by atoms with Gasteiger partial charge < -0.3 is 24.0 Å². The zero-order valence-electron chi connectivity index (χ0n) is 22.9. The molecule has 1 aromatic heterocycles. The highest BCUT2D eigenvalue weighted by atomic mass is 35.5. The third kappa shape index (κ3) is 6.29. The lowest BCUT2D eigenvalue weighted by atomic mass is 9.77. The topological polar surface area (TPSA) is 79.1 Å². The van der Waals surface area contributed by atoms with Crippen LogP contribution in [0.5, 0.6) is 5.75 Å². The Morgan fingerprint density at radius 2 is 1.73 bits per heavy atom. The van der Waals surface area contributed by atoms with Gasteiger partial charge in [0.2, 0.25) is 5.91 Å². The number of carbonyl (C=O) groups is 2. The normalized spacial score (nSPS) is 20.0. The molecule has 8 nitrogen and oxygen atoms in total. The van der Waals surface area contributed by atoms with Gasteiger partial charge in [0.15, 0.2) is 0 Å². The van der Waals surface area contributed by atoms with E-state index in [1.54, 1.807) is 25.1 Å². The third-order valence-corrected chi connectivity index (χ3v) is 8.48. The zero-order valence-corrected chi connectivity index (χ0v) is 24.4. The molecule has 5 rings (SSSR count). The highest BCUT2D eigenvalue weighted by Gasteiger charge is 2.42. The van der Waals surface area contributed by atoms with Crippen LogP contribution in [0.1, 0.15) is 35.4 Å². The molecule has 2 aromatic carbocycles. The van der Waals surface area contributed by atoms with Crippen LogP contribution in [0.2, 0.25) is 10.0 Å². The molecule has 10 heteroatoms. The molecule has 0 spiro atoms. The van der Waals surface area contributed by atoms with Crippen LogP contribution in [0.3, 0.4) is 0 Å². The average molecular weight is 586 g/mol. The van der Waals surface area contributed by atoms with Gasteiger partial charge in [-0.2, -0.15) is 0 Å². The summed E-state index contributed by atoms with van der Waals surface area (Å²) < 4.78 is 11.7. The highest BCUT2D eigenvalue weighted by molar-refractivity contribution is 6.33. The Hall–Kier alpha value is -3.07. The molecular formula is C30H34Cl2N4O4. The van der Waals surface area contributed by atoms with Gasteiger partial charge in [0.25, 0.3) is 5.91 Å². The van der Waals surface area contributed by atoms with E-state index in [0.29, 0.717) is 77.6 Å². The number of piperazine rings is 1. The van der Waals surface area contributed by atoms with Gasteiger partial charge in [-0.3, -0.25) is 9.59 Å². The lowest BCUT2D eigenvalue weighted by Crippen LogP contribution is -2.53. The summed E-state index contributed by atoms with van der Waals surface area (Å²) in [7, 11) is 2.07. The van der Waals surface area contributed by atoms with Crippen molar-refractivity contribution in [2.45, 2.75) is 26.2 Å². The van der Waals surface area contributed by atoms with Crippen molar-refractivity contribution in [1.82, 2.24) is 19.9 Å². The number of halogens is 2. The summed E-state index contributed by atoms with van der Waals surface area (Å²) in [5, 5.41) is 5.31. The maximum Gasteiger partial charge on any atom is 0.259 e. The summed E-state index contributed by atoms with van der Waals surface area (Å²) in [6.45, 7) is 6.09. The first-order chi connectivity index (χ1) is 19.2. The van der Waals surface area contributed by atoms with Crippen LogP contribution in [-0.2, 0) is 4.79 Å². The molecule has 1 atom stereocenters. The van der Waals surface area contributed by atoms with Crippen molar-refractivity contribution in [3.8, 4) is 17.0 Å². The Kier molecular flexibility index (Phi) is 8.68. The van der Waals surface area contributed by atoms with E-state index in [-0.39, 0.29) is 11.8 Å². The van der Waals surface area contributed by atoms with E-state index in [9.17, 15) is 9.59 Å². The lowest BCUT2D eigenvalue weighted by Gasteiger charge is -2.43. The van der Waals surface area contributed by atoms with Gasteiger partial charge in [-0.05, 0) is 57.1 Å². The smallest absolute Gasteiger partial charge is 0.259 e. The number of likely N-dealkylation sites (N-methyl/N-ethyl adjacent to an activating group) is 1. The number of benzene rings is 2. The van der Waals surface area contributed by atoms with Crippen LogP contribution < -0.4 is 4.74 Å². The number of aryl methyl sites for hydroxylation is 1. The third-order valence-electron chi connectivity index (χ3n) is 7.90. The number of aromatic nitrogens is 1. The molecule has 0 radical (unpaired) electrons. The van der Waals surface area contributed by atoms with Crippen molar-refractivity contribution < 1.29 is 18.8 Å². The molecule has 3 aromatic rings. The van der Waals surface area contributed by atoms with Crippen molar-refractivity contribution in [2.75, 3.05) is 52.9 Å². The van der Waals surface area contributed by atoms with Gasteiger partial charge in [0, 0.05) is 61.7 Å². The number of rotatable bonds is 7. The van der Waals surface area contributed by atoms with Gasteiger partial charge in [0.05, 0.1) is 11.6 Å². The quantitative estimate of drug-likeness (QED) is 0.369. The zero-order chi connectivity index (χ0) is 28.3. The molecule has 1 unspecified atom stereocenters. The maximum absolute atomic E-state index is 14.0. The Labute approximate surface area is 244 Å². The van der Waals surface area contributed by atoms with Crippen molar-refractivity contribution in [3.63, 3.8) is 0 Å². The van der Waals surface area contributed by atoms with Crippen LogP contribution >= 0.6 is 23.2 Å². The van der Waals surface area contributed by atoms with E-state index in [0.717, 1.165) is 25.9 Å². The highest BCUT2D eigenvalue weighted by Crippen LogP contribution is 2.38. The second kappa shape index (κ2) is 12.2. The Bertz CT molecular complexity index is 1350. The van der Waals surface area contributed by atoms with E-state index in [2.05, 4.69) is 17.1 Å². The van der Waals surface area contributed by atoms with Gasteiger partial charge in [-0.15, -0.1) is 0 Å². The molecule has 0 N–H and O–H groups in total. The first-order valence-electron chi connectivity index (χ1n) is 13.6. The van der Waals surface area contributed by atoms with Gasteiger partial charge in [0.1, 0.15) is 22.8 Å². The monoisotopic (exact) mass is 584 g/mol. The van der Waals surface area contributed by atoms with Crippen molar-refractivity contribution in [3.05, 3.63) is 69.9 Å². The van der Waals surface area contributed by atoms with Crippen LogP contribution in [0.25, 0.3) is 11.3 Å². The molecule has 40 heavy (non-hydrogen) atoms. The molecule has 212 valence electrons. The largest absolute Gasteiger partial charge is 0.493 e. The molecule has 2 aliphatic rings. The lowest BCUT2D eigenvalue weighted by molar-refractivity contribution is -0.137. The van der Waals surface area contributed by atoms with E-state index < -0.39 is 5.41 Å². The Morgan fingerprint density at radius 3 is 2.45 bits per heavy atom. The van der Waals surface area contributed by atoms with Crippen molar-refractivity contribution in [2.24, 2.45) is 5.41 Å². The maximum atomic E-state index is 14.0. The number of carbonyl (C=O) groups excluding carboxylic acids is 2. The summed E-state index contributed by atoms with van der Waals surface area (Å²) in [6.07, 6.45) is 1.81. The molecule has 2 fully saturated rings. The number of likely N-dealkylation sites (tertiary alicyclic amines) is 1. The van der Waals surface area contributed by atoms with E-state index in [1.165, 1.54) is 0 Å². The Morgan fingerprint density at radius 1 is 1.00 bits per heavy atom. The molecule has 0 saturated carbocycles. The summed E-state index contributed by atoms with van der Waals surface area (Å²) in [5.74, 6) is 1.02. The number of hydrogen-bond acceptors (Lipinski definition) is 6. The number of nitrogens with zero attached hydrogens (tertiary/aromatic N) is 4. The summed E-state index contributed by atoms with van der Waals surface area (Å²) in [4.78, 5) is 33.6. The van der Waals surface area contributed by atoms with Crippen LogP contribution in [0.15, 0.2) is 53.1 Å². The van der Waals surface area contributed by atoms with Crippen molar-refractivity contribution in [1.29, 1.82) is 0 Å². The fourth-order valence-corrected chi connectivity index (χ4v) is 5.92. The number of ether oxygens (including phenoxy) is 1. The van der Waals surface area contributed by atoms with Gasteiger partial charge in [-0.25, -0.2) is 0 Å². The van der Waals surface area contributed by atoms with Crippen LogP contribution in [0.4, 0.5) is 0 Å². The average Bonchev–Trinajstić information content (AvgIpc) is 3.34. The minimum atomic E-state index is -0.552. The predicted molar refractivity (Wildman–Crippen MR) is 155 cm³/mol. The van der Waals surface area contributed by atoms with Crippen LogP contribution in [0, 0.1) is 12.3 Å². The standard InChI is InChI=1S/C30H34Cl2N4O4/c1-21-27(28(33-40-21)24-6-3-4-7-25(24)32)29(38)36-13-5-12-30(19-36,20-39-23-10-8-22(31)9-11-23)18-26(37)35-16-14-34(2)15-17-35/h3-4,6-11H,5,12-20H2,1-2H3. The van der Waals surface area contributed by atoms with Gasteiger partial charge >= 0.3 is 0 Å². The Balaban J connectivity index is 1.40. The molecule has 2 aliphatic heterocycles. The van der Waals surface area contributed by atoms with Crippen molar-refractivity contribution >= 4 is 35.0 Å². The number of hydrogen-bond donors (Lipinski definition) is 0. The summed E-state index contributed by atoms with van der Waals surface area (Å²) >= 11 is 12.5. The fraction of sp³-hybridized carbons (Fsp3) is 0.433. The second-order valence-corrected chi connectivity index (χ2v) is 11.7. The first-order valence-corrected chi connectivity index (χ1v) is 14.4. The predicted octanol–water partition coefficient (Wildman–Crippen LogP) is 5.42. The van der Waals surface area contributed by atoms with Gasteiger partial charge in [-0.1, -0.05) is 46.6 Å². The first kappa shape index (κ1) is 28.5. The fourth-order valence-electron chi connectivity index (χ4n) is 5.57. The molecular weight excluding hydrogens is 551 g/mol. The SMILES string of the molecule is Cc1onc(-c2ccccc2Cl)c1C(=O)N1CCCC(COc2ccc(Cl)cc2)(CC(=O)N2CCN(C)CC2)C1. The van der Waals surface area contributed by atoms with Crippen LogP contribution in [-0.4, -0.2) is 84.6 Å². The second-order valence-electron chi connectivity index (χ2n) is 10.9. The molecule has 2 saturated heterocycles. The van der Waals surface area contributed by atoms with E-state index in [1.807, 2.05) is 40.1 Å². The molecule has 2 amide bonds. The van der Waals surface area contributed by atoms with E-state index >= 15 is 0 Å².